The fraction of sp³-hybridized carbons (Fsp3) is 0. The quantitative estimate of drug-likeness (QED) is 0.399. The first-order valence-corrected chi connectivity index (χ1v) is 5.92. The average Bonchev–Trinajstić information content (AvgIpc) is 1.25. The van der Waals surface area contributed by atoms with E-state index in [1.807, 2.05) is 0 Å². The molecule has 0 aliphatic rings. The Morgan fingerprint density at radius 2 is 0.545 bits per heavy atom. The van der Waals surface area contributed by atoms with E-state index in [9.17, 15) is 0 Å². The van der Waals surface area contributed by atoms with Gasteiger partial charge in [-0.05, 0) is 0 Å². The molecule has 0 radical (unpaired) electrons. The summed E-state index contributed by atoms with van der Waals surface area (Å²) in [5.74, 6) is 0. The standard InChI is InChI=1S/2Mo.2Na.7O/q;;2*+1;;;;;;;-2. The molecular weight excluding hydrogens is 350 g/mol. The van der Waals surface area contributed by atoms with Crippen molar-refractivity contribution < 1.29 is 119 Å². The Labute approximate surface area is 117 Å². The van der Waals surface area contributed by atoms with E-state index in [2.05, 4.69) is 0 Å². The molecule has 0 aliphatic carbocycles. The minimum atomic E-state index is -4.11. The summed E-state index contributed by atoms with van der Waals surface area (Å²) in [4.78, 5) is 0. The Kier molecular flexibility index (Phi) is 60.4. The normalized spacial score (nSPS) is 4.36. The zero-order chi connectivity index (χ0) is 7.15. The third-order valence-corrected chi connectivity index (χ3v) is 0. The van der Waals surface area contributed by atoms with Gasteiger partial charge in [-0.25, -0.2) is 0 Å². The van der Waals surface area contributed by atoms with Crippen LogP contribution >= 0.6 is 0 Å². The Hall–Kier alpha value is 2.14. The first-order chi connectivity index (χ1) is 3.46. The van der Waals surface area contributed by atoms with Crippen LogP contribution in [0.25, 0.3) is 0 Å². The maximum atomic E-state index is 8.59. The molecule has 0 aliphatic heterocycles. The number of rotatable bonds is 0. The molecule has 56 valence electrons. The summed E-state index contributed by atoms with van der Waals surface area (Å²) in [6, 6.07) is 0. The Bertz CT molecular complexity index is 183. The van der Waals surface area contributed by atoms with Crippen molar-refractivity contribution in [2.24, 2.45) is 0 Å². The van der Waals surface area contributed by atoms with Gasteiger partial charge in [-0.15, -0.1) is 0 Å². The summed E-state index contributed by atoms with van der Waals surface area (Å²) in [5, 5.41) is 0. The van der Waals surface area contributed by atoms with Crippen molar-refractivity contribution in [3.05, 3.63) is 0 Å². The van der Waals surface area contributed by atoms with Gasteiger partial charge in [0.1, 0.15) is 0 Å². The van der Waals surface area contributed by atoms with E-state index < -0.39 is 34.4 Å². The third kappa shape index (κ3) is 273. The van der Waals surface area contributed by atoms with Crippen LogP contribution in [-0.4, -0.2) is 0 Å². The van der Waals surface area contributed by atoms with Crippen LogP contribution in [0.2, 0.25) is 0 Å². The Morgan fingerprint density at radius 1 is 0.545 bits per heavy atom. The molecule has 0 heterocycles. The molecule has 0 amide bonds. The fourth-order valence-electron chi connectivity index (χ4n) is 0. The van der Waals surface area contributed by atoms with Crippen molar-refractivity contribution in [2.45, 2.75) is 0 Å². The van der Waals surface area contributed by atoms with Crippen LogP contribution in [-0.2, 0) is 60.3 Å². The van der Waals surface area contributed by atoms with Gasteiger partial charge in [0.05, 0.1) is 0 Å². The molecule has 0 aromatic carbocycles. The van der Waals surface area contributed by atoms with Gasteiger partial charge in [0.15, 0.2) is 0 Å². The summed E-state index contributed by atoms with van der Waals surface area (Å²) in [6.45, 7) is 0. The predicted octanol–water partition coefficient (Wildman–Crippen LogP) is -6.83. The van der Waals surface area contributed by atoms with Crippen molar-refractivity contribution in [3.8, 4) is 0 Å². The maximum absolute atomic E-state index is 8.59. The van der Waals surface area contributed by atoms with E-state index in [0.29, 0.717) is 0 Å². The average molecular weight is 350 g/mol. The molecule has 0 aromatic rings. The molecule has 0 spiro atoms. The van der Waals surface area contributed by atoms with Gasteiger partial charge in [-0.3, -0.25) is 0 Å². The van der Waals surface area contributed by atoms with E-state index in [1.165, 1.54) is 0 Å². The second kappa shape index (κ2) is 22.7. The zero-order valence-electron chi connectivity index (χ0n) is 5.67. The molecule has 0 N–H and O–H groups in total. The molecule has 0 atom stereocenters. The third-order valence-electron chi connectivity index (χ3n) is 0. The van der Waals surface area contributed by atoms with Crippen LogP contribution in [0.3, 0.4) is 0 Å². The van der Waals surface area contributed by atoms with Gasteiger partial charge in [0.25, 0.3) is 0 Å². The Morgan fingerprint density at radius 3 is 0.545 bits per heavy atom. The summed E-state index contributed by atoms with van der Waals surface area (Å²) in [5.41, 5.74) is 0. The van der Waals surface area contributed by atoms with Crippen LogP contribution in [0, 0.1) is 0 Å². The van der Waals surface area contributed by atoms with Crippen LogP contribution in [0.1, 0.15) is 0 Å². The molecular formula is Mo2Na2O7. The predicted molar refractivity (Wildman–Crippen MR) is 4.81 cm³/mol. The van der Waals surface area contributed by atoms with Gasteiger partial charge in [0, 0.05) is 0 Å². The zero-order valence-corrected chi connectivity index (χ0v) is 13.7. The van der Waals surface area contributed by atoms with Gasteiger partial charge in [-0.2, -0.15) is 0 Å². The van der Waals surface area contributed by atoms with Crippen molar-refractivity contribution in [2.75, 3.05) is 0 Å². The molecule has 0 rings (SSSR count). The fourth-order valence-corrected chi connectivity index (χ4v) is 0. The van der Waals surface area contributed by atoms with Crippen molar-refractivity contribution >= 4 is 0 Å². The summed E-state index contributed by atoms with van der Waals surface area (Å²) in [6.07, 6.45) is 0. The van der Waals surface area contributed by atoms with E-state index in [0.717, 1.165) is 0 Å². The van der Waals surface area contributed by atoms with Crippen LogP contribution in [0.15, 0.2) is 0 Å². The van der Waals surface area contributed by atoms with E-state index in [4.69, 9.17) is 20.4 Å². The molecule has 11 heavy (non-hydrogen) atoms. The van der Waals surface area contributed by atoms with E-state index in [1.54, 1.807) is 0 Å². The molecule has 11 heteroatoms. The van der Waals surface area contributed by atoms with E-state index in [-0.39, 0.29) is 64.6 Å². The summed E-state index contributed by atoms with van der Waals surface area (Å²) < 4.78 is 51.5. The molecule has 7 nitrogen and oxygen atoms in total. The second-order valence-corrected chi connectivity index (χ2v) is 2.42. The monoisotopic (exact) mass is 354 g/mol. The van der Waals surface area contributed by atoms with E-state index >= 15 is 0 Å². The number of hydrogen-bond donors (Lipinski definition) is 0. The first-order valence-electron chi connectivity index (χ1n) is 1.00. The SMILES string of the molecule is [Na+].[Na+].[O-2].[O]=[Mo](=[O])=[O].[O]=[Mo](=[O])=[O]. The number of hydrogen-bond acceptors (Lipinski definition) is 6. The summed E-state index contributed by atoms with van der Waals surface area (Å²) in [7, 11) is 0. The van der Waals surface area contributed by atoms with Gasteiger partial charge >= 0.3 is 114 Å². The van der Waals surface area contributed by atoms with Gasteiger partial charge < -0.3 is 5.48 Å². The Balaban J connectivity index is -0.0000000171. The van der Waals surface area contributed by atoms with Crippen LogP contribution < -0.4 is 59.1 Å². The molecule has 0 saturated heterocycles. The minimum absolute atomic E-state index is 0. The summed E-state index contributed by atoms with van der Waals surface area (Å²) >= 11 is -8.21. The van der Waals surface area contributed by atoms with Crippen molar-refractivity contribution in [1.29, 1.82) is 0 Å². The molecule has 0 bridgehead atoms. The molecule has 0 unspecified atom stereocenters. The van der Waals surface area contributed by atoms with Crippen LogP contribution in [0.5, 0.6) is 0 Å². The molecule has 0 saturated carbocycles. The topological polar surface area (TPSA) is 131 Å². The van der Waals surface area contributed by atoms with Crippen LogP contribution in [0.4, 0.5) is 0 Å². The molecule has 0 aromatic heterocycles. The first kappa shape index (κ1) is 29.2. The van der Waals surface area contributed by atoms with Crippen molar-refractivity contribution in [1.82, 2.24) is 0 Å². The van der Waals surface area contributed by atoms with Gasteiger partial charge in [-0.1, -0.05) is 0 Å². The molecule has 0 fully saturated rings. The van der Waals surface area contributed by atoms with Crippen molar-refractivity contribution in [3.63, 3.8) is 0 Å². The van der Waals surface area contributed by atoms with Gasteiger partial charge in [0.2, 0.25) is 0 Å². The second-order valence-electron chi connectivity index (χ2n) is 0.408.